The van der Waals surface area contributed by atoms with E-state index in [0.29, 0.717) is 29.7 Å². The average molecular weight is 338 g/mol. The molecule has 20 heavy (non-hydrogen) atoms. The van der Waals surface area contributed by atoms with Crippen LogP contribution in [0.1, 0.15) is 21.7 Å². The molecule has 2 aromatic heterocycles. The summed E-state index contributed by atoms with van der Waals surface area (Å²) in [6, 6.07) is 0. The fourth-order valence-corrected chi connectivity index (χ4v) is 2.57. The van der Waals surface area contributed by atoms with Crippen LogP contribution in [-0.4, -0.2) is 37.1 Å². The number of pyridine rings is 1. The van der Waals surface area contributed by atoms with Crippen molar-refractivity contribution in [3.8, 4) is 0 Å². The first-order chi connectivity index (χ1) is 9.58. The summed E-state index contributed by atoms with van der Waals surface area (Å²) >= 11 is 3.32. The number of nitrogens with one attached hydrogen (secondary N) is 1. The molecule has 0 spiro atoms. The van der Waals surface area contributed by atoms with Gasteiger partial charge in [-0.15, -0.1) is 10.2 Å². The monoisotopic (exact) mass is 337 g/mol. The maximum atomic E-state index is 12.6. The number of rotatable bonds is 1. The Labute approximate surface area is 122 Å². The fraction of sp³-hybridized carbons (Fsp3) is 0.333. The molecule has 1 aliphatic heterocycles. The molecule has 0 bridgehead atoms. The second-order valence-electron chi connectivity index (χ2n) is 4.63. The number of amides is 1. The van der Waals surface area contributed by atoms with Gasteiger partial charge in [0.25, 0.3) is 11.5 Å². The number of hydrogen-bond acceptors (Lipinski definition) is 4. The molecule has 1 aliphatic rings. The molecule has 0 saturated carbocycles. The van der Waals surface area contributed by atoms with Gasteiger partial charge in [-0.05, 0) is 28.4 Å². The Hall–Kier alpha value is -1.96. The number of fused-ring (bicyclic) bond motifs is 1. The van der Waals surface area contributed by atoms with E-state index in [0.717, 1.165) is 5.82 Å². The highest BCUT2D eigenvalue weighted by Crippen LogP contribution is 2.18. The van der Waals surface area contributed by atoms with Crippen LogP contribution in [-0.2, 0) is 13.1 Å². The minimum atomic E-state index is -0.372. The first-order valence-electron chi connectivity index (χ1n) is 6.11. The third-order valence-corrected chi connectivity index (χ3v) is 4.25. The van der Waals surface area contributed by atoms with Crippen molar-refractivity contribution in [3.63, 3.8) is 0 Å². The zero-order chi connectivity index (χ0) is 14.3. The van der Waals surface area contributed by atoms with Crippen LogP contribution in [0, 0.1) is 6.92 Å². The molecule has 0 aliphatic carbocycles. The highest BCUT2D eigenvalue weighted by Gasteiger charge is 2.26. The molecule has 0 radical (unpaired) electrons. The highest BCUT2D eigenvalue weighted by molar-refractivity contribution is 9.10. The standard InChI is InChI=1S/C12H12BrN5O2/c1-7-8(13)4-14-11(19)10(7)12(20)17-2-3-18-6-15-16-9(18)5-17/h4,6H,2-3,5H2,1H3,(H,14,19). The first-order valence-corrected chi connectivity index (χ1v) is 6.91. The molecule has 0 aromatic carbocycles. The lowest BCUT2D eigenvalue weighted by molar-refractivity contribution is 0.0704. The number of carbonyl (C=O) groups excluding carboxylic acids is 1. The number of H-pyrrole nitrogens is 1. The lowest BCUT2D eigenvalue weighted by Crippen LogP contribution is -2.40. The van der Waals surface area contributed by atoms with Gasteiger partial charge in [0, 0.05) is 23.8 Å². The van der Waals surface area contributed by atoms with Crippen LogP contribution >= 0.6 is 15.9 Å². The second-order valence-corrected chi connectivity index (χ2v) is 5.49. The number of aromatic amines is 1. The molecule has 1 amide bonds. The van der Waals surface area contributed by atoms with Gasteiger partial charge in [-0.1, -0.05) is 0 Å². The van der Waals surface area contributed by atoms with E-state index in [4.69, 9.17) is 0 Å². The Morgan fingerprint density at radius 3 is 3.05 bits per heavy atom. The third kappa shape index (κ3) is 2.05. The summed E-state index contributed by atoms with van der Waals surface area (Å²) in [6.45, 7) is 3.29. The lowest BCUT2D eigenvalue weighted by atomic mass is 10.1. The van der Waals surface area contributed by atoms with Crippen LogP contribution in [0.3, 0.4) is 0 Å². The lowest BCUT2D eigenvalue weighted by Gasteiger charge is -2.27. The van der Waals surface area contributed by atoms with Gasteiger partial charge < -0.3 is 14.5 Å². The highest BCUT2D eigenvalue weighted by atomic mass is 79.9. The van der Waals surface area contributed by atoms with Crippen molar-refractivity contribution in [1.82, 2.24) is 24.6 Å². The molecule has 8 heteroatoms. The Bertz CT molecular complexity index is 736. The van der Waals surface area contributed by atoms with Crippen molar-refractivity contribution in [3.05, 3.63) is 44.3 Å². The summed E-state index contributed by atoms with van der Waals surface area (Å²) in [7, 11) is 0. The number of halogens is 1. The molecular weight excluding hydrogens is 326 g/mol. The Morgan fingerprint density at radius 2 is 2.25 bits per heavy atom. The zero-order valence-corrected chi connectivity index (χ0v) is 12.3. The first kappa shape index (κ1) is 13.0. The topological polar surface area (TPSA) is 83.9 Å². The van der Waals surface area contributed by atoms with E-state index in [2.05, 4.69) is 31.1 Å². The number of carbonyl (C=O) groups is 1. The quantitative estimate of drug-likeness (QED) is 0.829. The number of hydrogen-bond donors (Lipinski definition) is 1. The molecule has 7 nitrogen and oxygen atoms in total. The van der Waals surface area contributed by atoms with Crippen molar-refractivity contribution < 1.29 is 4.79 Å². The Balaban J connectivity index is 1.95. The Morgan fingerprint density at radius 1 is 1.45 bits per heavy atom. The summed E-state index contributed by atoms with van der Waals surface area (Å²) in [6.07, 6.45) is 3.19. The average Bonchev–Trinajstić information content (AvgIpc) is 2.90. The number of aromatic nitrogens is 4. The summed E-state index contributed by atoms with van der Waals surface area (Å²) in [4.78, 5) is 28.6. The predicted octanol–water partition coefficient (Wildman–Crippen LogP) is 0.693. The van der Waals surface area contributed by atoms with Crippen molar-refractivity contribution in [2.75, 3.05) is 6.54 Å². The molecule has 104 valence electrons. The van der Waals surface area contributed by atoms with Crippen LogP contribution in [0.5, 0.6) is 0 Å². The van der Waals surface area contributed by atoms with E-state index in [9.17, 15) is 9.59 Å². The van der Waals surface area contributed by atoms with Gasteiger partial charge in [0.05, 0.1) is 6.54 Å². The van der Waals surface area contributed by atoms with Crippen LogP contribution in [0.15, 0.2) is 21.8 Å². The smallest absolute Gasteiger partial charge is 0.261 e. The minimum absolute atomic E-state index is 0.173. The number of nitrogens with zero attached hydrogens (tertiary/aromatic N) is 4. The molecule has 3 rings (SSSR count). The van der Waals surface area contributed by atoms with Gasteiger partial charge in [-0.2, -0.15) is 0 Å². The van der Waals surface area contributed by atoms with Gasteiger partial charge in [-0.3, -0.25) is 9.59 Å². The molecule has 2 aromatic rings. The Kier molecular flexibility index (Phi) is 3.17. The largest absolute Gasteiger partial charge is 0.329 e. The van der Waals surface area contributed by atoms with E-state index in [1.165, 1.54) is 0 Å². The van der Waals surface area contributed by atoms with E-state index in [-0.39, 0.29) is 17.0 Å². The summed E-state index contributed by atoms with van der Waals surface area (Å²) in [5.41, 5.74) is 0.445. The summed E-state index contributed by atoms with van der Waals surface area (Å²) in [5, 5.41) is 7.79. The maximum Gasteiger partial charge on any atom is 0.261 e. The SMILES string of the molecule is Cc1c(Br)c[nH]c(=O)c1C(=O)N1CCn2cnnc2C1. The third-order valence-electron chi connectivity index (χ3n) is 3.43. The van der Waals surface area contributed by atoms with Gasteiger partial charge in [-0.25, -0.2) is 0 Å². The molecular formula is C12H12BrN5O2. The van der Waals surface area contributed by atoms with Gasteiger partial charge in [0.1, 0.15) is 11.9 Å². The maximum absolute atomic E-state index is 12.6. The van der Waals surface area contributed by atoms with Crippen molar-refractivity contribution in [1.29, 1.82) is 0 Å². The van der Waals surface area contributed by atoms with Gasteiger partial charge >= 0.3 is 0 Å². The van der Waals surface area contributed by atoms with E-state index in [1.54, 1.807) is 24.3 Å². The summed E-state index contributed by atoms with van der Waals surface area (Å²) < 4.78 is 2.61. The second kappa shape index (κ2) is 4.86. The molecule has 3 heterocycles. The van der Waals surface area contributed by atoms with Crippen LogP contribution < -0.4 is 5.56 Å². The molecule has 0 unspecified atom stereocenters. The predicted molar refractivity (Wildman–Crippen MR) is 74.3 cm³/mol. The van der Waals surface area contributed by atoms with Gasteiger partial charge in [0.2, 0.25) is 0 Å². The van der Waals surface area contributed by atoms with Gasteiger partial charge in [0.15, 0.2) is 5.82 Å². The van der Waals surface area contributed by atoms with Crippen LogP contribution in [0.4, 0.5) is 0 Å². The molecule has 1 N–H and O–H groups in total. The zero-order valence-electron chi connectivity index (χ0n) is 10.8. The normalized spacial score (nSPS) is 14.2. The van der Waals surface area contributed by atoms with Crippen LogP contribution in [0.2, 0.25) is 0 Å². The molecule has 0 saturated heterocycles. The van der Waals surface area contributed by atoms with E-state index < -0.39 is 0 Å². The van der Waals surface area contributed by atoms with Crippen molar-refractivity contribution in [2.24, 2.45) is 0 Å². The minimum Gasteiger partial charge on any atom is -0.329 e. The molecule has 0 fully saturated rings. The van der Waals surface area contributed by atoms with E-state index >= 15 is 0 Å². The van der Waals surface area contributed by atoms with Crippen molar-refractivity contribution >= 4 is 21.8 Å². The molecule has 0 atom stereocenters. The van der Waals surface area contributed by atoms with Crippen LogP contribution in [0.25, 0.3) is 0 Å². The fourth-order valence-electron chi connectivity index (χ4n) is 2.25. The summed E-state index contributed by atoms with van der Waals surface area (Å²) in [5.74, 6) is 0.452. The van der Waals surface area contributed by atoms with E-state index in [1.807, 2.05) is 4.57 Å². The van der Waals surface area contributed by atoms with Crippen molar-refractivity contribution in [2.45, 2.75) is 20.0 Å².